The number of nitrogens with zero attached hydrogens (tertiary/aromatic N) is 2. The molecule has 7 heteroatoms. The van der Waals surface area contributed by atoms with Gasteiger partial charge in [0, 0.05) is 26.2 Å². The van der Waals surface area contributed by atoms with Crippen LogP contribution in [-0.4, -0.2) is 65.5 Å². The second-order valence-corrected chi connectivity index (χ2v) is 5.19. The van der Waals surface area contributed by atoms with Gasteiger partial charge in [0.05, 0.1) is 5.92 Å². The summed E-state index contributed by atoms with van der Waals surface area (Å²) in [6, 6.07) is -0.360. The maximum atomic E-state index is 12.2. The standard InChI is InChI=1S/C13H23N3O4/c1-4-14-11(17)8-15(3)13(20)16-6-5-10(12(18)19)7-9(16)2/h9-10H,4-8H2,1-3H3,(H,14,17)(H,18,19). The van der Waals surface area contributed by atoms with Crippen LogP contribution in [0, 0.1) is 5.92 Å². The molecule has 1 saturated heterocycles. The zero-order valence-corrected chi connectivity index (χ0v) is 12.3. The van der Waals surface area contributed by atoms with Gasteiger partial charge in [0.15, 0.2) is 0 Å². The van der Waals surface area contributed by atoms with Crippen molar-refractivity contribution in [2.45, 2.75) is 32.7 Å². The number of carboxylic acid groups (broad SMARTS) is 1. The highest BCUT2D eigenvalue weighted by Gasteiger charge is 2.33. The SMILES string of the molecule is CCNC(=O)CN(C)C(=O)N1CCC(C(=O)O)CC1C. The van der Waals surface area contributed by atoms with Gasteiger partial charge >= 0.3 is 12.0 Å². The van der Waals surface area contributed by atoms with Gasteiger partial charge in [0.1, 0.15) is 6.54 Å². The molecular weight excluding hydrogens is 262 g/mol. The van der Waals surface area contributed by atoms with Crippen molar-refractivity contribution in [3.63, 3.8) is 0 Å². The zero-order chi connectivity index (χ0) is 15.3. The van der Waals surface area contributed by atoms with E-state index in [0.29, 0.717) is 25.9 Å². The predicted molar refractivity (Wildman–Crippen MR) is 73.2 cm³/mol. The molecule has 1 heterocycles. The summed E-state index contributed by atoms with van der Waals surface area (Å²) in [5.41, 5.74) is 0. The highest BCUT2D eigenvalue weighted by atomic mass is 16.4. The fourth-order valence-electron chi connectivity index (χ4n) is 2.44. The summed E-state index contributed by atoms with van der Waals surface area (Å²) in [5.74, 6) is -1.39. The minimum Gasteiger partial charge on any atom is -0.481 e. The lowest BCUT2D eigenvalue weighted by Gasteiger charge is -2.38. The van der Waals surface area contributed by atoms with Crippen LogP contribution in [0.2, 0.25) is 0 Å². The van der Waals surface area contributed by atoms with E-state index in [0.717, 1.165) is 0 Å². The first kappa shape index (κ1) is 16.3. The number of hydrogen-bond acceptors (Lipinski definition) is 3. The van der Waals surface area contributed by atoms with Crippen molar-refractivity contribution >= 4 is 17.9 Å². The molecule has 2 atom stereocenters. The van der Waals surface area contributed by atoms with E-state index in [2.05, 4.69) is 5.32 Å². The smallest absolute Gasteiger partial charge is 0.320 e. The minimum absolute atomic E-state index is 0.0122. The van der Waals surface area contributed by atoms with Gasteiger partial charge in [-0.25, -0.2) is 4.79 Å². The molecule has 0 spiro atoms. The molecule has 20 heavy (non-hydrogen) atoms. The number of rotatable bonds is 4. The second-order valence-electron chi connectivity index (χ2n) is 5.19. The van der Waals surface area contributed by atoms with Gasteiger partial charge in [-0.15, -0.1) is 0 Å². The largest absolute Gasteiger partial charge is 0.481 e. The Morgan fingerprint density at radius 1 is 1.40 bits per heavy atom. The molecule has 3 amide bonds. The minimum atomic E-state index is -0.806. The van der Waals surface area contributed by atoms with E-state index >= 15 is 0 Å². The highest BCUT2D eigenvalue weighted by molar-refractivity contribution is 5.84. The van der Waals surface area contributed by atoms with Crippen LogP contribution in [0.25, 0.3) is 0 Å². The van der Waals surface area contributed by atoms with Gasteiger partial charge in [0.2, 0.25) is 5.91 Å². The summed E-state index contributed by atoms with van der Waals surface area (Å²) >= 11 is 0. The summed E-state index contributed by atoms with van der Waals surface area (Å²) in [5, 5.41) is 11.6. The molecule has 0 aliphatic carbocycles. The number of likely N-dealkylation sites (N-methyl/N-ethyl adjacent to an activating group) is 2. The molecule has 2 N–H and O–H groups in total. The van der Waals surface area contributed by atoms with Crippen LogP contribution in [0.15, 0.2) is 0 Å². The predicted octanol–water partition coefficient (Wildman–Crippen LogP) is 0.359. The number of likely N-dealkylation sites (tertiary alicyclic amines) is 1. The van der Waals surface area contributed by atoms with Gasteiger partial charge < -0.3 is 20.2 Å². The molecular formula is C13H23N3O4. The lowest BCUT2D eigenvalue weighted by atomic mass is 9.92. The lowest BCUT2D eigenvalue weighted by Crippen LogP contribution is -2.52. The summed E-state index contributed by atoms with van der Waals surface area (Å²) in [6.45, 7) is 4.61. The van der Waals surface area contributed by atoms with E-state index in [-0.39, 0.29) is 30.4 Å². The van der Waals surface area contributed by atoms with E-state index in [1.54, 1.807) is 11.9 Å². The molecule has 0 radical (unpaired) electrons. The maximum Gasteiger partial charge on any atom is 0.320 e. The number of hydrogen-bond donors (Lipinski definition) is 2. The fourth-order valence-corrected chi connectivity index (χ4v) is 2.44. The van der Waals surface area contributed by atoms with Crippen LogP contribution < -0.4 is 5.32 Å². The molecule has 2 unspecified atom stereocenters. The van der Waals surface area contributed by atoms with E-state index in [1.807, 2.05) is 13.8 Å². The monoisotopic (exact) mass is 285 g/mol. The number of carbonyl (C=O) groups excluding carboxylic acids is 2. The van der Waals surface area contributed by atoms with Crippen LogP contribution in [0.4, 0.5) is 4.79 Å². The Labute approximate surface area is 118 Å². The second kappa shape index (κ2) is 7.12. The average Bonchev–Trinajstić information content (AvgIpc) is 2.37. The van der Waals surface area contributed by atoms with E-state index in [4.69, 9.17) is 5.11 Å². The topological polar surface area (TPSA) is 90.0 Å². The third-order valence-electron chi connectivity index (χ3n) is 3.55. The van der Waals surface area contributed by atoms with Crippen molar-refractivity contribution in [1.29, 1.82) is 0 Å². The van der Waals surface area contributed by atoms with Crippen molar-refractivity contribution in [2.24, 2.45) is 5.92 Å². The maximum absolute atomic E-state index is 12.2. The summed E-state index contributed by atoms with van der Waals surface area (Å²) in [6.07, 6.45) is 0.913. The van der Waals surface area contributed by atoms with Gasteiger partial charge in [-0.1, -0.05) is 0 Å². The first-order valence-corrected chi connectivity index (χ1v) is 6.88. The van der Waals surface area contributed by atoms with Crippen molar-refractivity contribution in [3.05, 3.63) is 0 Å². The Hall–Kier alpha value is -1.79. The lowest BCUT2D eigenvalue weighted by molar-refractivity contribution is -0.143. The fraction of sp³-hybridized carbons (Fsp3) is 0.769. The number of carbonyl (C=O) groups is 3. The van der Waals surface area contributed by atoms with Crippen LogP contribution >= 0.6 is 0 Å². The molecule has 0 bridgehead atoms. The Kier molecular flexibility index (Phi) is 5.79. The Morgan fingerprint density at radius 3 is 2.55 bits per heavy atom. The van der Waals surface area contributed by atoms with Crippen LogP contribution in [-0.2, 0) is 9.59 Å². The average molecular weight is 285 g/mol. The number of amides is 3. The molecule has 0 aromatic heterocycles. The van der Waals surface area contributed by atoms with Crippen LogP contribution in [0.3, 0.4) is 0 Å². The van der Waals surface area contributed by atoms with E-state index in [9.17, 15) is 14.4 Å². The molecule has 1 fully saturated rings. The number of piperidine rings is 1. The van der Waals surface area contributed by atoms with Gasteiger partial charge in [0.25, 0.3) is 0 Å². The highest BCUT2D eigenvalue weighted by Crippen LogP contribution is 2.23. The van der Waals surface area contributed by atoms with Crippen molar-refractivity contribution in [2.75, 3.05) is 26.7 Å². The number of carboxylic acids is 1. The van der Waals surface area contributed by atoms with E-state index in [1.165, 1.54) is 4.90 Å². The summed E-state index contributed by atoms with van der Waals surface area (Å²) in [4.78, 5) is 37.7. The number of urea groups is 1. The summed E-state index contributed by atoms with van der Waals surface area (Å²) < 4.78 is 0. The summed E-state index contributed by atoms with van der Waals surface area (Å²) in [7, 11) is 1.58. The molecule has 0 saturated carbocycles. The zero-order valence-electron chi connectivity index (χ0n) is 12.3. The Bertz CT molecular complexity index is 386. The number of aliphatic carboxylic acids is 1. The molecule has 114 valence electrons. The quantitative estimate of drug-likeness (QED) is 0.780. The molecule has 1 aliphatic heterocycles. The van der Waals surface area contributed by atoms with Crippen molar-refractivity contribution < 1.29 is 19.5 Å². The number of nitrogens with one attached hydrogen (secondary N) is 1. The molecule has 0 aromatic carbocycles. The molecule has 7 nitrogen and oxygen atoms in total. The van der Waals surface area contributed by atoms with Gasteiger partial charge in [-0.3, -0.25) is 9.59 Å². The van der Waals surface area contributed by atoms with Crippen LogP contribution in [0.5, 0.6) is 0 Å². The third-order valence-corrected chi connectivity index (χ3v) is 3.55. The normalized spacial score (nSPS) is 22.2. The van der Waals surface area contributed by atoms with Gasteiger partial charge in [-0.05, 0) is 26.7 Å². The molecule has 1 aliphatic rings. The van der Waals surface area contributed by atoms with E-state index < -0.39 is 5.97 Å². The first-order chi connectivity index (χ1) is 9.36. The van der Waals surface area contributed by atoms with Crippen LogP contribution in [0.1, 0.15) is 26.7 Å². The third kappa shape index (κ3) is 4.11. The van der Waals surface area contributed by atoms with Gasteiger partial charge in [-0.2, -0.15) is 0 Å². The molecule has 0 aromatic rings. The molecule has 1 rings (SSSR count). The Balaban J connectivity index is 2.55. The first-order valence-electron chi connectivity index (χ1n) is 6.88. The Morgan fingerprint density at radius 2 is 2.05 bits per heavy atom. The van der Waals surface area contributed by atoms with Crippen molar-refractivity contribution in [1.82, 2.24) is 15.1 Å². The van der Waals surface area contributed by atoms with Crippen molar-refractivity contribution in [3.8, 4) is 0 Å².